The monoisotopic (exact) mass is 458 g/mol. The standard InChI is InChI=1S/C26H31ClO5/c27-20-6-5-16(25-24(31)23(30)22(29)21(14-28)32-25)11-18(20)9-15-3-4-17-12-26(7-1-2-8-26)13-19(17)10-15/h3-6,10-11,21-25,28-31H,1-2,7-9,12-14H2/t21-,22-,23+,24-,25-/m1/s1. The van der Waals surface area contributed by atoms with Gasteiger partial charge in [0.1, 0.15) is 30.5 Å². The summed E-state index contributed by atoms with van der Waals surface area (Å²) in [5, 5.41) is 40.8. The lowest BCUT2D eigenvalue weighted by Gasteiger charge is -2.40. The summed E-state index contributed by atoms with van der Waals surface area (Å²) in [6, 6.07) is 12.2. The quantitative estimate of drug-likeness (QED) is 0.565. The van der Waals surface area contributed by atoms with Crippen LogP contribution in [0.15, 0.2) is 36.4 Å². The molecule has 0 amide bonds. The maximum absolute atomic E-state index is 10.5. The molecule has 2 aliphatic carbocycles. The van der Waals surface area contributed by atoms with E-state index in [1.165, 1.54) is 55.2 Å². The normalized spacial score (nSPS) is 31.2. The van der Waals surface area contributed by atoms with E-state index in [2.05, 4.69) is 18.2 Å². The third-order valence-corrected chi connectivity index (χ3v) is 8.12. The zero-order chi connectivity index (χ0) is 22.5. The Balaban J connectivity index is 1.37. The summed E-state index contributed by atoms with van der Waals surface area (Å²) in [4.78, 5) is 0. The number of aliphatic hydroxyl groups excluding tert-OH is 4. The highest BCUT2D eigenvalue weighted by Crippen LogP contribution is 2.49. The van der Waals surface area contributed by atoms with E-state index >= 15 is 0 Å². The number of fused-ring (bicyclic) bond motifs is 1. The predicted molar refractivity (Wildman–Crippen MR) is 122 cm³/mol. The zero-order valence-electron chi connectivity index (χ0n) is 18.1. The number of ether oxygens (including phenoxy) is 1. The summed E-state index contributed by atoms with van der Waals surface area (Å²) < 4.78 is 5.72. The maximum atomic E-state index is 10.5. The first-order chi connectivity index (χ1) is 15.4. The van der Waals surface area contributed by atoms with E-state index in [1.54, 1.807) is 12.1 Å². The van der Waals surface area contributed by atoms with E-state index in [9.17, 15) is 20.4 Å². The van der Waals surface area contributed by atoms with Crippen molar-refractivity contribution in [3.8, 4) is 0 Å². The number of benzene rings is 2. The Morgan fingerprint density at radius 3 is 2.41 bits per heavy atom. The molecular weight excluding hydrogens is 428 g/mol. The molecule has 172 valence electrons. The average Bonchev–Trinajstić information content (AvgIpc) is 3.39. The van der Waals surface area contributed by atoms with E-state index in [4.69, 9.17) is 16.3 Å². The van der Waals surface area contributed by atoms with Crippen LogP contribution in [0, 0.1) is 5.41 Å². The van der Waals surface area contributed by atoms with Crippen LogP contribution in [0.1, 0.15) is 59.6 Å². The highest BCUT2D eigenvalue weighted by Gasteiger charge is 2.44. The molecule has 2 aromatic carbocycles. The van der Waals surface area contributed by atoms with Crippen molar-refractivity contribution in [2.24, 2.45) is 5.41 Å². The minimum atomic E-state index is -1.40. The number of aliphatic hydroxyl groups is 4. The first-order valence-corrected chi connectivity index (χ1v) is 12.0. The highest BCUT2D eigenvalue weighted by molar-refractivity contribution is 6.31. The molecule has 0 radical (unpaired) electrons. The summed E-state index contributed by atoms with van der Waals surface area (Å²) in [5.74, 6) is 0. The van der Waals surface area contributed by atoms with Crippen molar-refractivity contribution in [3.05, 3.63) is 69.2 Å². The van der Waals surface area contributed by atoms with Crippen molar-refractivity contribution < 1.29 is 25.2 Å². The average molecular weight is 459 g/mol. The van der Waals surface area contributed by atoms with Crippen molar-refractivity contribution in [2.45, 2.75) is 75.5 Å². The lowest BCUT2D eigenvalue weighted by molar-refractivity contribution is -0.231. The molecule has 5 rings (SSSR count). The molecule has 2 fully saturated rings. The second-order valence-corrected chi connectivity index (χ2v) is 10.3. The summed E-state index contributed by atoms with van der Waals surface area (Å²) >= 11 is 6.51. The van der Waals surface area contributed by atoms with Gasteiger partial charge in [-0.05, 0) is 71.4 Å². The van der Waals surface area contributed by atoms with Gasteiger partial charge in [0.25, 0.3) is 0 Å². The molecule has 1 saturated heterocycles. The van der Waals surface area contributed by atoms with Crippen LogP contribution in [0.2, 0.25) is 5.02 Å². The van der Waals surface area contributed by atoms with Gasteiger partial charge < -0.3 is 25.2 Å². The molecule has 0 aromatic heterocycles. The fourth-order valence-corrected chi connectivity index (χ4v) is 6.16. The van der Waals surface area contributed by atoms with Gasteiger partial charge in [0.05, 0.1) is 6.61 Å². The molecular formula is C26H31ClO5. The predicted octanol–water partition coefficient (Wildman–Crippen LogP) is 3.10. The van der Waals surface area contributed by atoms with Crippen LogP contribution >= 0.6 is 11.6 Å². The Bertz CT molecular complexity index is 984. The van der Waals surface area contributed by atoms with E-state index in [0.29, 0.717) is 22.4 Å². The van der Waals surface area contributed by atoms with E-state index in [-0.39, 0.29) is 0 Å². The van der Waals surface area contributed by atoms with Gasteiger partial charge in [-0.3, -0.25) is 0 Å². The van der Waals surface area contributed by atoms with Gasteiger partial charge in [0.15, 0.2) is 0 Å². The Labute approximate surface area is 193 Å². The maximum Gasteiger partial charge on any atom is 0.113 e. The van der Waals surface area contributed by atoms with Crippen LogP contribution in [0.25, 0.3) is 0 Å². The van der Waals surface area contributed by atoms with Crippen molar-refractivity contribution in [1.29, 1.82) is 0 Å². The Morgan fingerprint density at radius 2 is 1.66 bits per heavy atom. The summed E-state index contributed by atoms with van der Waals surface area (Å²) in [6.07, 6.45) is 2.55. The highest BCUT2D eigenvalue weighted by atomic mass is 35.5. The van der Waals surface area contributed by atoms with Crippen LogP contribution in [0.4, 0.5) is 0 Å². The Hall–Kier alpha value is -1.47. The van der Waals surface area contributed by atoms with Gasteiger partial charge in [-0.15, -0.1) is 0 Å². The molecule has 0 bridgehead atoms. The molecule has 5 atom stereocenters. The lowest BCUT2D eigenvalue weighted by atomic mass is 9.83. The molecule has 2 aromatic rings. The van der Waals surface area contributed by atoms with Crippen LogP contribution in [-0.4, -0.2) is 51.4 Å². The lowest BCUT2D eigenvalue weighted by Crippen LogP contribution is -2.55. The van der Waals surface area contributed by atoms with Crippen molar-refractivity contribution in [1.82, 2.24) is 0 Å². The molecule has 32 heavy (non-hydrogen) atoms. The van der Waals surface area contributed by atoms with Gasteiger partial charge in [-0.25, -0.2) is 0 Å². The SMILES string of the molecule is OC[C@H]1O[C@H](c2ccc(Cl)c(Cc3ccc4c(c3)CC3(CCCC3)C4)c2)[C@H](O)[C@@H](O)[C@@H]1O. The van der Waals surface area contributed by atoms with Crippen molar-refractivity contribution in [3.63, 3.8) is 0 Å². The number of rotatable bonds is 4. The van der Waals surface area contributed by atoms with Gasteiger partial charge in [-0.2, -0.15) is 0 Å². The molecule has 1 heterocycles. The second kappa shape index (κ2) is 8.71. The number of hydrogen-bond acceptors (Lipinski definition) is 5. The van der Waals surface area contributed by atoms with E-state index in [1.807, 2.05) is 6.07 Å². The Kier molecular flexibility index (Phi) is 6.08. The molecule has 0 unspecified atom stereocenters. The topological polar surface area (TPSA) is 90.2 Å². The summed E-state index contributed by atoms with van der Waals surface area (Å²) in [6.45, 7) is -0.446. The minimum absolute atomic E-state index is 0.446. The molecule has 4 N–H and O–H groups in total. The molecule has 1 spiro atoms. The van der Waals surface area contributed by atoms with Gasteiger partial charge in [-0.1, -0.05) is 54.8 Å². The molecule has 3 aliphatic rings. The third-order valence-electron chi connectivity index (χ3n) is 7.75. The minimum Gasteiger partial charge on any atom is -0.394 e. The van der Waals surface area contributed by atoms with E-state index in [0.717, 1.165) is 5.56 Å². The fraction of sp³-hybridized carbons (Fsp3) is 0.538. The number of halogens is 1. The second-order valence-electron chi connectivity index (χ2n) is 9.94. The largest absolute Gasteiger partial charge is 0.394 e. The molecule has 6 heteroatoms. The molecule has 1 saturated carbocycles. The van der Waals surface area contributed by atoms with Gasteiger partial charge >= 0.3 is 0 Å². The first kappa shape index (κ1) is 22.3. The van der Waals surface area contributed by atoms with Crippen LogP contribution in [0.3, 0.4) is 0 Å². The van der Waals surface area contributed by atoms with E-state index < -0.39 is 37.1 Å². The number of hydrogen-bond donors (Lipinski definition) is 4. The summed E-state index contributed by atoms with van der Waals surface area (Å²) in [5.41, 5.74) is 6.21. The molecule has 5 nitrogen and oxygen atoms in total. The van der Waals surface area contributed by atoms with Crippen molar-refractivity contribution in [2.75, 3.05) is 6.61 Å². The van der Waals surface area contributed by atoms with Gasteiger partial charge in [0, 0.05) is 5.02 Å². The van der Waals surface area contributed by atoms with Crippen LogP contribution in [0.5, 0.6) is 0 Å². The van der Waals surface area contributed by atoms with Gasteiger partial charge in [0.2, 0.25) is 0 Å². The fourth-order valence-electron chi connectivity index (χ4n) is 5.98. The zero-order valence-corrected chi connectivity index (χ0v) is 18.8. The smallest absolute Gasteiger partial charge is 0.113 e. The van der Waals surface area contributed by atoms with Crippen LogP contribution in [-0.2, 0) is 24.0 Å². The Morgan fingerprint density at radius 1 is 0.906 bits per heavy atom. The third kappa shape index (κ3) is 4.00. The van der Waals surface area contributed by atoms with Crippen LogP contribution < -0.4 is 0 Å². The molecule has 1 aliphatic heterocycles. The van der Waals surface area contributed by atoms with Crippen molar-refractivity contribution >= 4 is 11.6 Å². The summed E-state index contributed by atoms with van der Waals surface area (Å²) in [7, 11) is 0. The first-order valence-electron chi connectivity index (χ1n) is 11.6.